The first-order valence-electron chi connectivity index (χ1n) is 5.20. The van der Waals surface area contributed by atoms with E-state index >= 15 is 0 Å². The highest BCUT2D eigenvalue weighted by atomic mass is 32.2. The van der Waals surface area contributed by atoms with E-state index in [0.29, 0.717) is 6.54 Å². The number of benzene rings is 1. The molecule has 3 N–H and O–H groups in total. The molecule has 3 heteroatoms. The van der Waals surface area contributed by atoms with Crippen molar-refractivity contribution in [3.8, 4) is 0 Å². The Morgan fingerprint density at radius 3 is 2.73 bits per heavy atom. The van der Waals surface area contributed by atoms with Crippen molar-refractivity contribution < 1.29 is 5.11 Å². The Bertz CT molecular complexity index is 303. The molecule has 0 aliphatic rings. The lowest BCUT2D eigenvalue weighted by Crippen LogP contribution is -2.14. The van der Waals surface area contributed by atoms with E-state index in [-0.39, 0.29) is 17.1 Å². The maximum absolute atomic E-state index is 9.02. The summed E-state index contributed by atoms with van der Waals surface area (Å²) in [6.45, 7) is 4.91. The van der Waals surface area contributed by atoms with Crippen LogP contribution in [0.5, 0.6) is 0 Å². The molecule has 0 bridgehead atoms. The molecule has 0 heterocycles. The predicted molar refractivity (Wildman–Crippen MR) is 67.1 cm³/mol. The van der Waals surface area contributed by atoms with Crippen molar-refractivity contribution in [2.24, 2.45) is 5.73 Å². The minimum absolute atomic E-state index is 0.201. The summed E-state index contributed by atoms with van der Waals surface area (Å²) in [5.74, 6) is 0. The van der Waals surface area contributed by atoms with Gasteiger partial charge in [0.25, 0.3) is 0 Å². The van der Waals surface area contributed by atoms with E-state index in [9.17, 15) is 0 Å². The lowest BCUT2D eigenvalue weighted by atomic mass is 10.1. The van der Waals surface area contributed by atoms with E-state index < -0.39 is 0 Å². The van der Waals surface area contributed by atoms with E-state index in [0.717, 1.165) is 0 Å². The largest absolute Gasteiger partial charge is 0.395 e. The van der Waals surface area contributed by atoms with Crippen LogP contribution in [0.1, 0.15) is 23.3 Å². The van der Waals surface area contributed by atoms with Crippen molar-refractivity contribution in [3.63, 3.8) is 0 Å². The molecule has 0 aromatic heterocycles. The summed E-state index contributed by atoms with van der Waals surface area (Å²) in [6.07, 6.45) is 0. The molecule has 2 unspecified atom stereocenters. The van der Waals surface area contributed by atoms with Gasteiger partial charge in [0.1, 0.15) is 0 Å². The van der Waals surface area contributed by atoms with Gasteiger partial charge in [-0.1, -0.05) is 36.8 Å². The fourth-order valence-electron chi connectivity index (χ4n) is 1.46. The Morgan fingerprint density at radius 1 is 1.47 bits per heavy atom. The van der Waals surface area contributed by atoms with Crippen LogP contribution in [0.2, 0.25) is 0 Å². The highest BCUT2D eigenvalue weighted by Crippen LogP contribution is 2.31. The van der Waals surface area contributed by atoms with Gasteiger partial charge in [-0.3, -0.25) is 0 Å². The van der Waals surface area contributed by atoms with Crippen molar-refractivity contribution in [3.05, 3.63) is 35.4 Å². The predicted octanol–water partition coefficient (Wildman–Crippen LogP) is 2.11. The molecule has 0 spiro atoms. The second-order valence-electron chi connectivity index (χ2n) is 3.77. The first-order chi connectivity index (χ1) is 7.17. The molecule has 15 heavy (non-hydrogen) atoms. The average Bonchev–Trinajstić information content (AvgIpc) is 2.25. The number of aryl methyl sites for hydroxylation is 1. The van der Waals surface area contributed by atoms with Gasteiger partial charge in [-0.2, -0.15) is 0 Å². The number of nitrogens with two attached hydrogens (primary N) is 1. The van der Waals surface area contributed by atoms with Crippen molar-refractivity contribution >= 4 is 11.8 Å². The third-order valence-electron chi connectivity index (χ3n) is 2.28. The zero-order valence-corrected chi connectivity index (χ0v) is 10.1. The van der Waals surface area contributed by atoms with Crippen molar-refractivity contribution in [1.82, 2.24) is 0 Å². The van der Waals surface area contributed by atoms with E-state index in [4.69, 9.17) is 10.8 Å². The van der Waals surface area contributed by atoms with Crippen molar-refractivity contribution in [2.45, 2.75) is 24.3 Å². The van der Waals surface area contributed by atoms with Crippen LogP contribution >= 0.6 is 11.8 Å². The van der Waals surface area contributed by atoms with Gasteiger partial charge in [0.15, 0.2) is 0 Å². The van der Waals surface area contributed by atoms with Crippen LogP contribution in [-0.2, 0) is 0 Å². The minimum Gasteiger partial charge on any atom is -0.395 e. The minimum atomic E-state index is 0.201. The lowest BCUT2D eigenvalue weighted by molar-refractivity contribution is 0.300. The molecule has 0 saturated heterocycles. The van der Waals surface area contributed by atoms with Crippen LogP contribution in [-0.4, -0.2) is 23.5 Å². The van der Waals surface area contributed by atoms with Gasteiger partial charge < -0.3 is 10.8 Å². The quantitative estimate of drug-likeness (QED) is 0.807. The highest BCUT2D eigenvalue weighted by molar-refractivity contribution is 8.00. The zero-order valence-electron chi connectivity index (χ0n) is 9.31. The number of aliphatic hydroxyl groups excluding tert-OH is 1. The van der Waals surface area contributed by atoms with Gasteiger partial charge in [0.2, 0.25) is 0 Å². The molecule has 0 saturated carbocycles. The number of hydrogen-bond acceptors (Lipinski definition) is 3. The fourth-order valence-corrected chi connectivity index (χ4v) is 2.53. The summed E-state index contributed by atoms with van der Waals surface area (Å²) in [7, 11) is 0. The highest BCUT2D eigenvalue weighted by Gasteiger charge is 2.13. The third kappa shape index (κ3) is 3.86. The Morgan fingerprint density at radius 2 is 2.20 bits per heavy atom. The standard InChI is InChI=1S/C12H19NOS/c1-9-4-3-5-11(6-9)12(7-13)15-10(2)8-14/h3-6,10,12,14H,7-8,13H2,1-2H3. The van der Waals surface area contributed by atoms with Crippen LogP contribution in [0.25, 0.3) is 0 Å². The molecule has 84 valence electrons. The smallest absolute Gasteiger partial charge is 0.0547 e. The van der Waals surface area contributed by atoms with E-state index in [1.165, 1.54) is 11.1 Å². The van der Waals surface area contributed by atoms with Crippen LogP contribution in [0.3, 0.4) is 0 Å². The maximum Gasteiger partial charge on any atom is 0.0547 e. The van der Waals surface area contributed by atoms with E-state index in [1.807, 2.05) is 6.92 Å². The molecule has 0 fully saturated rings. The Labute approximate surface area is 95.9 Å². The lowest BCUT2D eigenvalue weighted by Gasteiger charge is -2.18. The molecule has 2 nitrogen and oxygen atoms in total. The molecule has 0 radical (unpaired) electrons. The normalized spacial score (nSPS) is 14.9. The number of aliphatic hydroxyl groups is 1. The second kappa shape index (κ2) is 6.16. The van der Waals surface area contributed by atoms with Crippen LogP contribution in [0.4, 0.5) is 0 Å². The summed E-state index contributed by atoms with van der Waals surface area (Å²) in [4.78, 5) is 0. The Balaban J connectivity index is 2.73. The molecule has 2 atom stereocenters. The van der Waals surface area contributed by atoms with Gasteiger partial charge in [0.05, 0.1) is 6.61 Å². The summed E-state index contributed by atoms with van der Waals surface area (Å²) < 4.78 is 0. The summed E-state index contributed by atoms with van der Waals surface area (Å²) in [5, 5.41) is 9.54. The van der Waals surface area contributed by atoms with Gasteiger partial charge >= 0.3 is 0 Å². The van der Waals surface area contributed by atoms with Gasteiger partial charge in [-0.25, -0.2) is 0 Å². The van der Waals surface area contributed by atoms with E-state index in [1.54, 1.807) is 11.8 Å². The van der Waals surface area contributed by atoms with E-state index in [2.05, 4.69) is 31.2 Å². The molecular formula is C12H19NOS. The number of rotatable bonds is 5. The first kappa shape index (κ1) is 12.6. The third-order valence-corrected chi connectivity index (χ3v) is 3.69. The fraction of sp³-hybridized carbons (Fsp3) is 0.500. The molecular weight excluding hydrogens is 206 g/mol. The van der Waals surface area contributed by atoms with Gasteiger partial charge in [-0.05, 0) is 12.5 Å². The number of thioether (sulfide) groups is 1. The topological polar surface area (TPSA) is 46.2 Å². The molecule has 1 rings (SSSR count). The molecule has 1 aromatic rings. The Hall–Kier alpha value is -0.510. The van der Waals surface area contributed by atoms with Crippen LogP contribution in [0.15, 0.2) is 24.3 Å². The molecule has 1 aromatic carbocycles. The molecule has 0 aliphatic carbocycles. The molecule has 0 amide bonds. The zero-order chi connectivity index (χ0) is 11.3. The maximum atomic E-state index is 9.02. The second-order valence-corrected chi connectivity index (χ2v) is 5.41. The molecule has 0 aliphatic heterocycles. The monoisotopic (exact) mass is 225 g/mol. The van der Waals surface area contributed by atoms with Gasteiger partial charge in [-0.15, -0.1) is 11.8 Å². The SMILES string of the molecule is Cc1cccc(C(CN)SC(C)CO)c1. The number of hydrogen-bond donors (Lipinski definition) is 2. The van der Waals surface area contributed by atoms with Crippen molar-refractivity contribution in [1.29, 1.82) is 0 Å². The first-order valence-corrected chi connectivity index (χ1v) is 6.14. The Kier molecular flexibility index (Phi) is 5.15. The van der Waals surface area contributed by atoms with Crippen molar-refractivity contribution in [2.75, 3.05) is 13.2 Å². The summed E-state index contributed by atoms with van der Waals surface area (Å²) >= 11 is 1.73. The van der Waals surface area contributed by atoms with Crippen LogP contribution in [0, 0.1) is 6.92 Å². The summed E-state index contributed by atoms with van der Waals surface area (Å²) in [6, 6.07) is 8.39. The summed E-state index contributed by atoms with van der Waals surface area (Å²) in [5.41, 5.74) is 8.26. The average molecular weight is 225 g/mol. The van der Waals surface area contributed by atoms with Crippen LogP contribution < -0.4 is 5.73 Å². The van der Waals surface area contributed by atoms with Gasteiger partial charge in [0, 0.05) is 17.0 Å².